The predicted molar refractivity (Wildman–Crippen MR) is 92.6 cm³/mol. The van der Waals surface area contributed by atoms with E-state index in [2.05, 4.69) is 5.32 Å². The van der Waals surface area contributed by atoms with Gasteiger partial charge in [-0.3, -0.25) is 0 Å². The monoisotopic (exact) mass is 332 g/mol. The average Bonchev–Trinajstić information content (AvgIpc) is 2.32. The Morgan fingerprint density at radius 1 is 0.913 bits per heavy atom. The zero-order valence-electron chi connectivity index (χ0n) is 16.0. The molecule has 0 saturated carbocycles. The molecule has 6 heteroatoms. The lowest BCUT2D eigenvalue weighted by Crippen LogP contribution is -2.37. The zero-order valence-corrected chi connectivity index (χ0v) is 16.0. The van der Waals surface area contributed by atoms with E-state index in [0.29, 0.717) is 32.7 Å². The molecule has 0 radical (unpaired) electrons. The molecule has 1 amide bonds. The Bertz CT molecular complexity index is 349. The van der Waals surface area contributed by atoms with Crippen LogP contribution in [0.3, 0.4) is 0 Å². The fourth-order valence-corrected chi connectivity index (χ4v) is 1.91. The Labute approximate surface area is 141 Å². The van der Waals surface area contributed by atoms with Crippen LogP contribution in [0.15, 0.2) is 0 Å². The summed E-state index contributed by atoms with van der Waals surface area (Å²) in [5.41, 5.74) is 4.51. The summed E-state index contributed by atoms with van der Waals surface area (Å²) in [6.45, 7) is 15.7. The minimum atomic E-state index is -0.482. The van der Waals surface area contributed by atoms with Gasteiger partial charge in [0, 0.05) is 6.54 Å². The van der Waals surface area contributed by atoms with Gasteiger partial charge in [-0.15, -0.1) is 0 Å². The third-order valence-corrected chi connectivity index (χ3v) is 3.21. The summed E-state index contributed by atoms with van der Waals surface area (Å²) in [7, 11) is 0. The lowest BCUT2D eigenvalue weighted by atomic mass is 10.1. The first-order valence-corrected chi connectivity index (χ1v) is 8.32. The van der Waals surface area contributed by atoms with Crippen LogP contribution >= 0.6 is 0 Å². The molecule has 0 aliphatic rings. The van der Waals surface area contributed by atoms with Crippen molar-refractivity contribution in [3.05, 3.63) is 0 Å². The summed E-state index contributed by atoms with van der Waals surface area (Å²) in [4.78, 5) is 11.6. The van der Waals surface area contributed by atoms with Crippen LogP contribution in [0, 0.1) is 0 Å². The third-order valence-electron chi connectivity index (χ3n) is 3.21. The highest BCUT2D eigenvalue weighted by Gasteiger charge is 2.21. The number of carbonyl (C=O) groups is 1. The lowest BCUT2D eigenvalue weighted by molar-refractivity contribution is -0.0876. The van der Waals surface area contributed by atoms with E-state index in [1.54, 1.807) is 0 Å². The van der Waals surface area contributed by atoms with Gasteiger partial charge < -0.3 is 25.3 Å². The number of hydrogen-bond donors (Lipinski definition) is 2. The van der Waals surface area contributed by atoms with Gasteiger partial charge in [-0.2, -0.15) is 0 Å². The number of carbonyl (C=O) groups excluding carboxylic acids is 1. The van der Waals surface area contributed by atoms with E-state index in [-0.39, 0.29) is 11.2 Å². The van der Waals surface area contributed by atoms with Crippen molar-refractivity contribution in [1.29, 1.82) is 0 Å². The molecule has 0 fully saturated rings. The minimum Gasteiger partial charge on any atom is -0.444 e. The molecule has 138 valence electrons. The van der Waals surface area contributed by atoms with Crippen LogP contribution in [-0.4, -0.2) is 49.2 Å². The first kappa shape index (κ1) is 22.1. The number of amides is 1. The quantitative estimate of drug-likeness (QED) is 0.601. The molecule has 0 unspecified atom stereocenters. The molecule has 0 aromatic carbocycles. The van der Waals surface area contributed by atoms with Crippen molar-refractivity contribution in [1.82, 2.24) is 5.32 Å². The maximum Gasteiger partial charge on any atom is 0.407 e. The SMILES string of the molecule is CC(C)(C)OC(=O)NCCC(C)(C)OCCOC(C)(C)CCN. The maximum atomic E-state index is 11.6. The molecule has 0 rings (SSSR count). The van der Waals surface area contributed by atoms with Gasteiger partial charge >= 0.3 is 6.09 Å². The van der Waals surface area contributed by atoms with Gasteiger partial charge in [0.05, 0.1) is 24.4 Å². The van der Waals surface area contributed by atoms with Crippen LogP contribution in [0.5, 0.6) is 0 Å². The van der Waals surface area contributed by atoms with Crippen LogP contribution in [-0.2, 0) is 14.2 Å². The highest BCUT2D eigenvalue weighted by molar-refractivity contribution is 5.67. The summed E-state index contributed by atoms with van der Waals surface area (Å²) in [6, 6.07) is 0. The molecular formula is C17H36N2O4. The predicted octanol–water partition coefficient (Wildman–Crippen LogP) is 2.84. The topological polar surface area (TPSA) is 82.8 Å². The normalized spacial score (nSPS) is 13.0. The smallest absolute Gasteiger partial charge is 0.407 e. The van der Waals surface area contributed by atoms with Crippen LogP contribution in [0.25, 0.3) is 0 Å². The fourth-order valence-electron chi connectivity index (χ4n) is 1.91. The molecule has 0 atom stereocenters. The molecule has 0 aliphatic heterocycles. The van der Waals surface area contributed by atoms with Crippen molar-refractivity contribution < 1.29 is 19.0 Å². The molecule has 0 aromatic heterocycles. The van der Waals surface area contributed by atoms with Crippen LogP contribution in [0.1, 0.15) is 61.3 Å². The Morgan fingerprint density at radius 3 is 1.83 bits per heavy atom. The van der Waals surface area contributed by atoms with Gasteiger partial charge in [0.15, 0.2) is 0 Å². The first-order chi connectivity index (χ1) is 10.4. The molecule has 0 aromatic rings. The van der Waals surface area contributed by atoms with Gasteiger partial charge in [-0.1, -0.05) is 0 Å². The molecular weight excluding hydrogens is 296 g/mol. The van der Waals surface area contributed by atoms with Crippen LogP contribution in [0.2, 0.25) is 0 Å². The van der Waals surface area contributed by atoms with Gasteiger partial charge in [0.2, 0.25) is 0 Å². The number of rotatable bonds is 10. The Kier molecular flexibility index (Phi) is 9.10. The second kappa shape index (κ2) is 9.45. The third kappa shape index (κ3) is 13.3. The van der Waals surface area contributed by atoms with E-state index in [0.717, 1.165) is 6.42 Å². The summed E-state index contributed by atoms with van der Waals surface area (Å²) < 4.78 is 16.8. The van der Waals surface area contributed by atoms with Gasteiger partial charge in [0.25, 0.3) is 0 Å². The second-order valence-electron chi connectivity index (χ2n) is 7.93. The maximum absolute atomic E-state index is 11.6. The minimum absolute atomic E-state index is 0.222. The Morgan fingerprint density at radius 2 is 1.39 bits per heavy atom. The van der Waals surface area contributed by atoms with Crippen LogP contribution < -0.4 is 11.1 Å². The molecule has 0 aliphatic carbocycles. The van der Waals surface area contributed by atoms with E-state index < -0.39 is 11.7 Å². The van der Waals surface area contributed by atoms with Crippen molar-refractivity contribution in [2.24, 2.45) is 5.73 Å². The van der Waals surface area contributed by atoms with Crippen molar-refractivity contribution in [2.75, 3.05) is 26.3 Å². The summed E-state index contributed by atoms with van der Waals surface area (Å²) in [6.07, 6.45) is 1.11. The molecule has 23 heavy (non-hydrogen) atoms. The molecule has 0 saturated heterocycles. The van der Waals surface area contributed by atoms with E-state index >= 15 is 0 Å². The van der Waals surface area contributed by atoms with Gasteiger partial charge in [-0.05, 0) is 67.9 Å². The van der Waals surface area contributed by atoms with E-state index in [1.807, 2.05) is 48.5 Å². The highest BCUT2D eigenvalue weighted by atomic mass is 16.6. The molecule has 0 heterocycles. The van der Waals surface area contributed by atoms with E-state index in [4.69, 9.17) is 19.9 Å². The summed E-state index contributed by atoms with van der Waals surface area (Å²) in [5, 5.41) is 2.74. The molecule has 3 N–H and O–H groups in total. The van der Waals surface area contributed by atoms with E-state index in [9.17, 15) is 4.79 Å². The fraction of sp³-hybridized carbons (Fsp3) is 0.941. The first-order valence-electron chi connectivity index (χ1n) is 8.32. The number of nitrogens with one attached hydrogen (secondary N) is 1. The highest BCUT2D eigenvalue weighted by Crippen LogP contribution is 2.16. The van der Waals surface area contributed by atoms with Crippen molar-refractivity contribution in [2.45, 2.75) is 78.1 Å². The lowest BCUT2D eigenvalue weighted by Gasteiger charge is -2.28. The van der Waals surface area contributed by atoms with Crippen molar-refractivity contribution >= 4 is 6.09 Å². The Balaban J connectivity index is 3.91. The van der Waals surface area contributed by atoms with Gasteiger partial charge in [-0.25, -0.2) is 4.79 Å². The van der Waals surface area contributed by atoms with Crippen LogP contribution in [0.4, 0.5) is 4.79 Å². The van der Waals surface area contributed by atoms with Crippen molar-refractivity contribution in [3.8, 4) is 0 Å². The second-order valence-corrected chi connectivity index (χ2v) is 7.93. The van der Waals surface area contributed by atoms with E-state index in [1.165, 1.54) is 0 Å². The molecule has 0 spiro atoms. The zero-order chi connectivity index (χ0) is 18.1. The number of ether oxygens (including phenoxy) is 3. The van der Waals surface area contributed by atoms with Gasteiger partial charge in [0.1, 0.15) is 5.60 Å². The number of alkyl carbamates (subject to hydrolysis) is 1. The molecule has 6 nitrogen and oxygen atoms in total. The largest absolute Gasteiger partial charge is 0.444 e. The Hall–Kier alpha value is -0.850. The number of hydrogen-bond acceptors (Lipinski definition) is 5. The number of nitrogens with two attached hydrogens (primary N) is 1. The van der Waals surface area contributed by atoms with Crippen molar-refractivity contribution in [3.63, 3.8) is 0 Å². The summed E-state index contributed by atoms with van der Waals surface area (Å²) >= 11 is 0. The molecule has 0 bridgehead atoms. The standard InChI is InChI=1S/C17H36N2O4/c1-15(2,3)23-14(20)19-11-9-17(6,7)22-13-12-21-16(4,5)8-10-18/h8-13,18H2,1-7H3,(H,19,20). The average molecular weight is 332 g/mol. The summed E-state index contributed by atoms with van der Waals surface area (Å²) in [5.74, 6) is 0.